The molecule has 1 aromatic heterocycles. The summed E-state index contributed by atoms with van der Waals surface area (Å²) in [6, 6.07) is 19.0. The second-order valence-electron chi connectivity index (χ2n) is 10.2. The van der Waals surface area contributed by atoms with Gasteiger partial charge >= 0.3 is 6.03 Å². The number of hydrogen-bond donors (Lipinski definition) is 5. The summed E-state index contributed by atoms with van der Waals surface area (Å²) in [6.45, 7) is 7.37. The number of rotatable bonds is 9. The van der Waals surface area contributed by atoms with E-state index in [1.165, 1.54) is 5.56 Å². The van der Waals surface area contributed by atoms with Gasteiger partial charge in [0.15, 0.2) is 0 Å². The topological polar surface area (TPSA) is 109 Å². The molecule has 4 rings (SSSR count). The summed E-state index contributed by atoms with van der Waals surface area (Å²) in [5.74, 6) is 0.324. The van der Waals surface area contributed by atoms with Crippen molar-refractivity contribution in [2.75, 3.05) is 31.3 Å². The number of fused-ring (bicyclic) bond motifs is 1. The molecule has 2 amide bonds. The van der Waals surface area contributed by atoms with Gasteiger partial charge in [-0.25, -0.2) is 4.79 Å². The van der Waals surface area contributed by atoms with Gasteiger partial charge in [0.25, 0.3) is 5.56 Å². The Morgan fingerprint density at radius 2 is 1.79 bits per heavy atom. The lowest BCUT2D eigenvalue weighted by Gasteiger charge is -2.24. The van der Waals surface area contributed by atoms with Gasteiger partial charge in [-0.15, -0.1) is 0 Å². The monoisotopic (exact) mass is 527 g/mol. The number of H-pyrrole nitrogens is 1. The number of nitrogens with zero attached hydrogens (tertiary/aromatic N) is 1. The fraction of sp³-hybridized carbons (Fsp3) is 0.290. The maximum atomic E-state index is 12.8. The number of aromatic hydroxyl groups is 1. The first kappa shape index (κ1) is 27.7. The minimum absolute atomic E-state index is 0.0415. The van der Waals surface area contributed by atoms with Gasteiger partial charge in [-0.1, -0.05) is 31.2 Å². The van der Waals surface area contributed by atoms with E-state index in [4.69, 9.17) is 0 Å². The summed E-state index contributed by atoms with van der Waals surface area (Å²) in [4.78, 5) is 29.4. The number of anilines is 2. The largest absolute Gasteiger partial charge is 0.508 e. The number of phenols is 1. The molecule has 0 fully saturated rings. The zero-order valence-electron chi connectivity index (χ0n) is 23.1. The normalized spacial score (nSPS) is 12.6. The van der Waals surface area contributed by atoms with E-state index in [1.807, 2.05) is 24.3 Å². The van der Waals surface area contributed by atoms with Crippen LogP contribution in [0.2, 0.25) is 0 Å². The van der Waals surface area contributed by atoms with Crippen molar-refractivity contribution in [1.29, 1.82) is 0 Å². The number of aromatic amines is 1. The molecule has 1 heterocycles. The lowest BCUT2D eigenvalue weighted by molar-refractivity contribution is 0.220. The number of urea groups is 1. The molecule has 8 nitrogen and oxygen atoms in total. The van der Waals surface area contributed by atoms with Crippen LogP contribution in [0.25, 0.3) is 10.8 Å². The van der Waals surface area contributed by atoms with Gasteiger partial charge in [-0.2, -0.15) is 0 Å². The number of likely N-dealkylation sites (N-methyl/N-ethyl adjacent to an activating group) is 1. The quantitative estimate of drug-likeness (QED) is 0.179. The highest BCUT2D eigenvalue weighted by atomic mass is 16.3. The molecule has 0 saturated carbocycles. The zero-order chi connectivity index (χ0) is 28.1. The molecule has 0 radical (unpaired) electrons. The van der Waals surface area contributed by atoms with Gasteiger partial charge in [0, 0.05) is 54.7 Å². The average Bonchev–Trinajstić information content (AvgIpc) is 2.91. The standard InChI is InChI=1S/C31H37N5O3/c1-19-14-23(21(3)34-26-8-6-22-12-13-33-30(38)28(22)16-26)7-10-27(19)20(2)18-36(5)31(39)35-25-9-11-29(37)24(15-25)17-32-4/h6-16,20-21,32,34,37H,17-18H2,1-5H3,(H,33,38)(H,35,39)/t20-,21?/m0/s1. The van der Waals surface area contributed by atoms with Crippen molar-refractivity contribution in [3.63, 3.8) is 0 Å². The lowest BCUT2D eigenvalue weighted by atomic mass is 9.93. The number of benzene rings is 3. The number of carbonyl (C=O) groups excluding carboxylic acids is 1. The van der Waals surface area contributed by atoms with Gasteiger partial charge in [-0.05, 0) is 85.3 Å². The van der Waals surface area contributed by atoms with Gasteiger partial charge in [-0.3, -0.25) is 4.79 Å². The molecule has 0 aliphatic rings. The molecule has 0 bridgehead atoms. The third-order valence-corrected chi connectivity index (χ3v) is 7.08. The molecule has 0 saturated heterocycles. The Labute approximate surface area is 229 Å². The van der Waals surface area contributed by atoms with E-state index in [9.17, 15) is 14.7 Å². The number of carbonyl (C=O) groups is 1. The van der Waals surface area contributed by atoms with Crippen molar-refractivity contribution in [2.24, 2.45) is 0 Å². The number of aromatic nitrogens is 1. The number of pyridine rings is 1. The van der Waals surface area contributed by atoms with Crippen molar-refractivity contribution < 1.29 is 9.90 Å². The van der Waals surface area contributed by atoms with E-state index >= 15 is 0 Å². The number of phenolic OH excluding ortho intramolecular Hbond substituents is 1. The van der Waals surface area contributed by atoms with Crippen LogP contribution in [0.5, 0.6) is 5.75 Å². The van der Waals surface area contributed by atoms with Crippen LogP contribution >= 0.6 is 0 Å². The van der Waals surface area contributed by atoms with Crippen LogP contribution in [-0.4, -0.2) is 41.7 Å². The Balaban J connectivity index is 1.39. The Kier molecular flexibility index (Phi) is 8.56. The zero-order valence-corrected chi connectivity index (χ0v) is 23.1. The van der Waals surface area contributed by atoms with E-state index in [0.29, 0.717) is 24.2 Å². The number of amides is 2. The summed E-state index contributed by atoms with van der Waals surface area (Å²) < 4.78 is 0. The van der Waals surface area contributed by atoms with Gasteiger partial charge in [0.2, 0.25) is 0 Å². The molecule has 0 aliphatic carbocycles. The highest BCUT2D eigenvalue weighted by Gasteiger charge is 2.17. The molecule has 5 N–H and O–H groups in total. The highest BCUT2D eigenvalue weighted by molar-refractivity contribution is 5.89. The van der Waals surface area contributed by atoms with E-state index < -0.39 is 0 Å². The minimum Gasteiger partial charge on any atom is -0.508 e. The average molecular weight is 528 g/mol. The molecular formula is C31H37N5O3. The summed E-state index contributed by atoms with van der Waals surface area (Å²) in [5, 5.41) is 21.0. The Hall–Kier alpha value is -4.30. The number of aryl methyl sites for hydroxylation is 1. The lowest BCUT2D eigenvalue weighted by Crippen LogP contribution is -2.34. The first-order chi connectivity index (χ1) is 18.7. The Bertz CT molecular complexity index is 1530. The third kappa shape index (κ3) is 6.59. The van der Waals surface area contributed by atoms with Crippen LogP contribution in [0.4, 0.5) is 16.2 Å². The second kappa shape index (κ2) is 12.0. The van der Waals surface area contributed by atoms with Crippen LogP contribution in [0, 0.1) is 6.92 Å². The van der Waals surface area contributed by atoms with Crippen molar-refractivity contribution in [1.82, 2.24) is 15.2 Å². The van der Waals surface area contributed by atoms with Crippen molar-refractivity contribution in [2.45, 2.75) is 39.3 Å². The Morgan fingerprint density at radius 3 is 2.54 bits per heavy atom. The first-order valence-corrected chi connectivity index (χ1v) is 13.1. The van der Waals surface area contributed by atoms with E-state index in [0.717, 1.165) is 27.8 Å². The smallest absolute Gasteiger partial charge is 0.321 e. The summed E-state index contributed by atoms with van der Waals surface area (Å²) >= 11 is 0. The van der Waals surface area contributed by atoms with Gasteiger partial charge in [0.05, 0.1) is 0 Å². The molecule has 2 atom stereocenters. The Morgan fingerprint density at radius 1 is 1.03 bits per heavy atom. The van der Waals surface area contributed by atoms with Crippen molar-refractivity contribution in [3.8, 4) is 5.75 Å². The molecule has 8 heteroatoms. The van der Waals surface area contributed by atoms with Crippen LogP contribution in [0.15, 0.2) is 71.7 Å². The van der Waals surface area contributed by atoms with E-state index in [-0.39, 0.29) is 29.3 Å². The molecular weight excluding hydrogens is 490 g/mol. The van der Waals surface area contributed by atoms with E-state index in [1.54, 1.807) is 43.4 Å². The number of hydrogen-bond acceptors (Lipinski definition) is 5. The third-order valence-electron chi connectivity index (χ3n) is 7.08. The molecule has 1 unspecified atom stereocenters. The SMILES string of the molecule is CNCc1cc(NC(=O)N(C)C[C@H](C)c2ccc(C(C)Nc3ccc4cc[nH]c(=O)c4c3)cc2C)ccc1O. The fourth-order valence-electron chi connectivity index (χ4n) is 4.93. The van der Waals surface area contributed by atoms with E-state index in [2.05, 4.69) is 59.9 Å². The van der Waals surface area contributed by atoms with Crippen molar-refractivity contribution >= 4 is 28.2 Å². The summed E-state index contributed by atoms with van der Waals surface area (Å²) in [6.07, 6.45) is 1.66. The predicted octanol–water partition coefficient (Wildman–Crippen LogP) is 5.70. The maximum Gasteiger partial charge on any atom is 0.321 e. The molecule has 0 aliphatic heterocycles. The van der Waals surface area contributed by atoms with Crippen LogP contribution < -0.4 is 21.5 Å². The molecule has 0 spiro atoms. The van der Waals surface area contributed by atoms with Gasteiger partial charge in [0.1, 0.15) is 5.75 Å². The van der Waals surface area contributed by atoms with Crippen LogP contribution in [-0.2, 0) is 6.54 Å². The maximum absolute atomic E-state index is 12.8. The summed E-state index contributed by atoms with van der Waals surface area (Å²) in [5.41, 5.74) is 5.64. The molecule has 204 valence electrons. The van der Waals surface area contributed by atoms with Gasteiger partial charge < -0.3 is 30.9 Å². The first-order valence-electron chi connectivity index (χ1n) is 13.1. The molecule has 3 aromatic carbocycles. The molecule has 39 heavy (non-hydrogen) atoms. The molecule has 4 aromatic rings. The second-order valence-corrected chi connectivity index (χ2v) is 10.2. The predicted molar refractivity (Wildman–Crippen MR) is 159 cm³/mol. The summed E-state index contributed by atoms with van der Waals surface area (Å²) in [7, 11) is 3.59. The fourth-order valence-corrected chi connectivity index (χ4v) is 4.93. The minimum atomic E-state index is -0.204. The highest BCUT2D eigenvalue weighted by Crippen LogP contribution is 2.27. The van der Waals surface area contributed by atoms with Crippen LogP contribution in [0.3, 0.4) is 0 Å². The van der Waals surface area contributed by atoms with Crippen LogP contribution in [0.1, 0.15) is 48.1 Å². The van der Waals surface area contributed by atoms with Crippen molar-refractivity contribution in [3.05, 3.63) is 99.5 Å². The number of nitrogens with one attached hydrogen (secondary N) is 4.